The minimum Gasteiger partial charge on any atom is -0.471 e. The van der Waals surface area contributed by atoms with Crippen molar-refractivity contribution in [2.45, 2.75) is 99.1 Å². The Morgan fingerprint density at radius 3 is 2.14 bits per heavy atom. The lowest BCUT2D eigenvalue weighted by atomic mass is 10.1. The normalized spacial score (nSPS) is 10.0. The quantitative estimate of drug-likeness (QED) is 0.187. The van der Waals surface area contributed by atoms with Gasteiger partial charge in [-0.3, -0.25) is 9.48 Å². The number of alkyl carbamates (subject to hydrolysis) is 1. The first kappa shape index (κ1) is 35.1. The average Bonchev–Trinajstić information content (AvgIpc) is 3.14. The molecular weight excluding hydrogens is 510 g/mol. The monoisotopic (exact) mass is 557 g/mol. The summed E-state index contributed by atoms with van der Waals surface area (Å²) in [4.78, 5) is 20.5. The van der Waals surface area contributed by atoms with Gasteiger partial charge in [0.15, 0.2) is 0 Å². The molecule has 0 aliphatic heterocycles. The molecule has 1 amide bonds. The molecular formula is C27H48BrN3O4. The Kier molecular flexibility index (Phi) is 21.3. The fraction of sp³-hybridized carbons (Fsp3) is 0.667. The zero-order valence-corrected chi connectivity index (χ0v) is 25.0. The highest BCUT2D eigenvalue weighted by Gasteiger charge is 2.15. The second kappa shape index (κ2) is 21.2. The van der Waals surface area contributed by atoms with E-state index in [-0.39, 0.29) is 6.09 Å². The molecule has 1 heterocycles. The van der Waals surface area contributed by atoms with Crippen LogP contribution in [0.5, 0.6) is 0 Å². The Morgan fingerprint density at radius 1 is 1.06 bits per heavy atom. The van der Waals surface area contributed by atoms with E-state index in [2.05, 4.69) is 62.7 Å². The summed E-state index contributed by atoms with van der Waals surface area (Å²) in [5.41, 5.74) is 3.22. The Labute approximate surface area is 221 Å². The number of alkyl halides is 1. The smallest absolute Gasteiger partial charge is 0.407 e. The number of carbonyl (C=O) groups is 2. The zero-order valence-electron chi connectivity index (χ0n) is 23.4. The van der Waals surface area contributed by atoms with Crippen LogP contribution in [0.4, 0.5) is 4.79 Å². The molecule has 202 valence electrons. The third-order valence-corrected chi connectivity index (χ3v) is 4.65. The zero-order chi connectivity index (χ0) is 27.3. The van der Waals surface area contributed by atoms with Gasteiger partial charge in [-0.25, -0.2) is 4.79 Å². The van der Waals surface area contributed by atoms with Gasteiger partial charge in [0.1, 0.15) is 5.60 Å². The summed E-state index contributed by atoms with van der Waals surface area (Å²) in [5.74, 6) is 1.81. The van der Waals surface area contributed by atoms with Gasteiger partial charge in [0, 0.05) is 18.5 Å². The van der Waals surface area contributed by atoms with E-state index in [4.69, 9.17) is 14.6 Å². The number of fused-ring (bicyclic) bond motifs is 1. The molecule has 0 aliphatic rings. The molecule has 0 fully saturated rings. The molecule has 2 rings (SSSR count). The van der Waals surface area contributed by atoms with E-state index in [0.29, 0.717) is 13.0 Å². The molecule has 7 nitrogen and oxygen atoms in total. The molecule has 0 aliphatic carbocycles. The van der Waals surface area contributed by atoms with E-state index in [1.54, 1.807) is 0 Å². The fourth-order valence-electron chi connectivity index (χ4n) is 3.22. The van der Waals surface area contributed by atoms with E-state index in [1.807, 2.05) is 40.5 Å². The Morgan fingerprint density at radius 2 is 1.60 bits per heavy atom. The predicted molar refractivity (Wildman–Crippen MR) is 150 cm³/mol. The van der Waals surface area contributed by atoms with Gasteiger partial charge in [-0.2, -0.15) is 5.10 Å². The second-order valence-corrected chi connectivity index (χ2v) is 8.71. The topological polar surface area (TPSA) is 82.5 Å². The van der Waals surface area contributed by atoms with Gasteiger partial charge in [-0.15, -0.1) is 0 Å². The molecule has 0 bridgehead atoms. The summed E-state index contributed by atoms with van der Waals surface area (Å²) in [6, 6.07) is 6.56. The van der Waals surface area contributed by atoms with E-state index < -0.39 is 5.60 Å². The molecule has 0 radical (unpaired) electrons. The number of halogens is 1. The highest BCUT2D eigenvalue weighted by Crippen LogP contribution is 2.20. The van der Waals surface area contributed by atoms with Crippen molar-refractivity contribution in [2.24, 2.45) is 0 Å². The van der Waals surface area contributed by atoms with Crippen molar-refractivity contribution in [3.8, 4) is 0 Å². The summed E-state index contributed by atoms with van der Waals surface area (Å²) in [5, 5.41) is 8.77. The SMILES string of the molecule is CBr.CC.COC=O.Cc1ccc2c(C)nn(CCCCCCCCNC(=O)OC(C)(C)C)c2c1. The molecule has 0 saturated carbocycles. The molecule has 0 atom stereocenters. The summed E-state index contributed by atoms with van der Waals surface area (Å²) in [6.07, 6.45) is 6.61. The maximum absolute atomic E-state index is 11.5. The van der Waals surface area contributed by atoms with Crippen molar-refractivity contribution in [1.82, 2.24) is 15.1 Å². The largest absolute Gasteiger partial charge is 0.471 e. The van der Waals surface area contributed by atoms with Crippen LogP contribution in [0.2, 0.25) is 0 Å². The maximum atomic E-state index is 11.5. The first-order valence-corrected chi connectivity index (χ1v) is 14.0. The molecule has 0 spiro atoms. The van der Waals surface area contributed by atoms with Crippen LogP contribution in [0.15, 0.2) is 18.2 Å². The highest BCUT2D eigenvalue weighted by molar-refractivity contribution is 9.08. The summed E-state index contributed by atoms with van der Waals surface area (Å²) < 4.78 is 11.2. The minimum atomic E-state index is -0.429. The van der Waals surface area contributed by atoms with Gasteiger partial charge in [-0.05, 0) is 64.9 Å². The predicted octanol–water partition coefficient (Wildman–Crippen LogP) is 7.34. The van der Waals surface area contributed by atoms with Crippen molar-refractivity contribution in [3.05, 3.63) is 29.5 Å². The maximum Gasteiger partial charge on any atom is 0.407 e. The summed E-state index contributed by atoms with van der Waals surface area (Å²) in [6.45, 7) is 15.9. The Balaban J connectivity index is 0. The summed E-state index contributed by atoms with van der Waals surface area (Å²) in [7, 11) is 1.31. The third kappa shape index (κ3) is 17.1. The number of nitrogens with zero attached hydrogens (tertiary/aromatic N) is 2. The highest BCUT2D eigenvalue weighted by atomic mass is 79.9. The van der Waals surface area contributed by atoms with E-state index in [1.165, 1.54) is 42.8 Å². The van der Waals surface area contributed by atoms with Crippen LogP contribution in [0.1, 0.15) is 84.4 Å². The molecule has 0 saturated heterocycles. The number of rotatable bonds is 10. The van der Waals surface area contributed by atoms with Gasteiger partial charge in [0.05, 0.1) is 18.3 Å². The number of ether oxygens (including phenoxy) is 2. The first-order chi connectivity index (χ1) is 16.7. The number of carbonyl (C=O) groups excluding carboxylic acids is 2. The lowest BCUT2D eigenvalue weighted by Gasteiger charge is -2.19. The van der Waals surface area contributed by atoms with E-state index >= 15 is 0 Å². The molecule has 2 aromatic rings. The van der Waals surface area contributed by atoms with E-state index in [9.17, 15) is 4.79 Å². The molecule has 8 heteroatoms. The lowest BCUT2D eigenvalue weighted by molar-refractivity contribution is -0.126. The van der Waals surface area contributed by atoms with Crippen molar-refractivity contribution in [2.75, 3.05) is 19.5 Å². The number of benzene rings is 1. The van der Waals surface area contributed by atoms with Crippen molar-refractivity contribution < 1.29 is 19.1 Å². The number of aryl methyl sites for hydroxylation is 3. The number of unbranched alkanes of at least 4 members (excludes halogenated alkanes) is 5. The number of hydrogen-bond acceptors (Lipinski definition) is 5. The van der Waals surface area contributed by atoms with Crippen LogP contribution in [0.25, 0.3) is 10.9 Å². The van der Waals surface area contributed by atoms with Gasteiger partial charge in [-0.1, -0.05) is 67.6 Å². The van der Waals surface area contributed by atoms with Crippen LogP contribution in [0, 0.1) is 13.8 Å². The van der Waals surface area contributed by atoms with Gasteiger partial charge < -0.3 is 14.8 Å². The molecule has 1 aromatic carbocycles. The number of nitrogens with one attached hydrogen (secondary N) is 1. The van der Waals surface area contributed by atoms with Crippen LogP contribution >= 0.6 is 15.9 Å². The summed E-state index contributed by atoms with van der Waals surface area (Å²) >= 11 is 2.94. The van der Waals surface area contributed by atoms with Crippen LogP contribution in [-0.4, -0.2) is 47.4 Å². The molecule has 1 aromatic heterocycles. The minimum absolute atomic E-state index is 0.320. The molecule has 0 unspecified atom stereocenters. The average molecular weight is 559 g/mol. The lowest BCUT2D eigenvalue weighted by Crippen LogP contribution is -2.32. The van der Waals surface area contributed by atoms with Gasteiger partial charge >= 0.3 is 6.09 Å². The Bertz CT molecular complexity index is 817. The number of amides is 1. The van der Waals surface area contributed by atoms with Gasteiger partial charge in [0.25, 0.3) is 6.47 Å². The van der Waals surface area contributed by atoms with Crippen LogP contribution < -0.4 is 5.32 Å². The number of aromatic nitrogens is 2. The third-order valence-electron chi connectivity index (χ3n) is 4.65. The van der Waals surface area contributed by atoms with Crippen molar-refractivity contribution in [1.29, 1.82) is 0 Å². The second-order valence-electron chi connectivity index (χ2n) is 8.71. The van der Waals surface area contributed by atoms with Crippen molar-refractivity contribution in [3.63, 3.8) is 0 Å². The fourth-order valence-corrected chi connectivity index (χ4v) is 3.22. The molecule has 35 heavy (non-hydrogen) atoms. The number of methoxy groups -OCH3 is 1. The standard InChI is InChI=1S/C22H35N3O2.C2H4O2.C2H6.CH3Br/c1-17-12-13-19-18(2)24-25(20(19)16-17)15-11-9-7-6-8-10-14-23-21(26)27-22(3,4)5;1-4-2-3;2*1-2/h12-13,16H,6-11,14-15H2,1-5H3,(H,23,26);2H,1H3;1-2H3;1H3. The van der Waals surface area contributed by atoms with E-state index in [0.717, 1.165) is 31.5 Å². The van der Waals surface area contributed by atoms with Crippen LogP contribution in [-0.2, 0) is 20.8 Å². The van der Waals surface area contributed by atoms with Crippen molar-refractivity contribution >= 4 is 39.4 Å². The molecule has 1 N–H and O–H groups in total. The van der Waals surface area contributed by atoms with Gasteiger partial charge in [0.2, 0.25) is 0 Å². The number of hydrogen-bond donors (Lipinski definition) is 1. The van der Waals surface area contributed by atoms with Crippen LogP contribution in [0.3, 0.4) is 0 Å². The first-order valence-electron chi connectivity index (χ1n) is 12.4. The Hall–Kier alpha value is -2.09.